The maximum absolute atomic E-state index is 12.2. The van der Waals surface area contributed by atoms with E-state index < -0.39 is 10.9 Å². The van der Waals surface area contributed by atoms with E-state index in [2.05, 4.69) is 5.10 Å². The summed E-state index contributed by atoms with van der Waals surface area (Å²) in [5.74, 6) is -1.20. The number of hydrogen-bond acceptors (Lipinski definition) is 5. The SMILES string of the molecule is O=C(O)CC1CCCCN1C(=O)Cn1cc([N+](=O)[O-])cn1. The van der Waals surface area contributed by atoms with Gasteiger partial charge in [-0.1, -0.05) is 0 Å². The van der Waals surface area contributed by atoms with Crippen LogP contribution < -0.4 is 0 Å². The molecule has 0 radical (unpaired) electrons. The molecule has 9 heteroatoms. The Labute approximate surface area is 120 Å². The number of nitro groups is 1. The van der Waals surface area contributed by atoms with Gasteiger partial charge in [-0.05, 0) is 19.3 Å². The third-order valence-corrected chi connectivity index (χ3v) is 3.49. The van der Waals surface area contributed by atoms with Gasteiger partial charge in [0.2, 0.25) is 5.91 Å². The first-order chi connectivity index (χ1) is 9.97. The van der Waals surface area contributed by atoms with Crippen LogP contribution in [0.4, 0.5) is 5.69 Å². The van der Waals surface area contributed by atoms with E-state index in [1.807, 2.05) is 0 Å². The molecule has 1 saturated heterocycles. The summed E-state index contributed by atoms with van der Waals surface area (Å²) in [4.78, 5) is 34.6. The fourth-order valence-corrected chi connectivity index (χ4v) is 2.51. The van der Waals surface area contributed by atoms with Crippen molar-refractivity contribution >= 4 is 17.6 Å². The predicted octanol–water partition coefficient (Wildman–Crippen LogP) is 0.647. The lowest BCUT2D eigenvalue weighted by Crippen LogP contribution is -2.46. The van der Waals surface area contributed by atoms with Crippen molar-refractivity contribution in [1.29, 1.82) is 0 Å². The Morgan fingerprint density at radius 1 is 1.48 bits per heavy atom. The Kier molecular flexibility index (Phi) is 4.51. The Balaban J connectivity index is 2.02. The van der Waals surface area contributed by atoms with Gasteiger partial charge in [-0.25, -0.2) is 0 Å². The van der Waals surface area contributed by atoms with Crippen LogP contribution in [0.2, 0.25) is 0 Å². The van der Waals surface area contributed by atoms with Crippen LogP contribution >= 0.6 is 0 Å². The summed E-state index contributed by atoms with van der Waals surface area (Å²) >= 11 is 0. The Morgan fingerprint density at radius 3 is 2.86 bits per heavy atom. The molecule has 0 spiro atoms. The fourth-order valence-electron chi connectivity index (χ4n) is 2.51. The van der Waals surface area contributed by atoms with Crippen molar-refractivity contribution in [1.82, 2.24) is 14.7 Å². The normalized spacial score (nSPS) is 18.5. The number of likely N-dealkylation sites (tertiary alicyclic amines) is 1. The summed E-state index contributed by atoms with van der Waals surface area (Å²) in [6, 6.07) is -0.311. The molecule has 1 unspecified atom stereocenters. The maximum atomic E-state index is 12.2. The van der Waals surface area contributed by atoms with Crippen molar-refractivity contribution in [3.8, 4) is 0 Å². The van der Waals surface area contributed by atoms with Crippen LogP contribution in [0, 0.1) is 10.1 Å². The van der Waals surface area contributed by atoms with Gasteiger partial charge in [0.1, 0.15) is 18.9 Å². The summed E-state index contributed by atoms with van der Waals surface area (Å²) in [6.45, 7) is 0.393. The quantitative estimate of drug-likeness (QED) is 0.629. The molecule has 1 atom stereocenters. The van der Waals surface area contributed by atoms with E-state index in [9.17, 15) is 19.7 Å². The molecule has 0 aromatic carbocycles. The number of piperidine rings is 1. The van der Waals surface area contributed by atoms with Crippen molar-refractivity contribution < 1.29 is 19.6 Å². The molecule has 0 aliphatic carbocycles. The van der Waals surface area contributed by atoms with Crippen LogP contribution in [0.1, 0.15) is 25.7 Å². The highest BCUT2D eigenvalue weighted by molar-refractivity contribution is 5.77. The molecular formula is C12H16N4O5. The van der Waals surface area contributed by atoms with Crippen molar-refractivity contribution in [2.45, 2.75) is 38.3 Å². The molecule has 1 aliphatic heterocycles. The number of carboxylic acid groups (broad SMARTS) is 1. The topological polar surface area (TPSA) is 119 Å². The van der Waals surface area contributed by atoms with Gasteiger partial charge in [0.15, 0.2) is 0 Å². The van der Waals surface area contributed by atoms with Crippen LogP contribution in [0.15, 0.2) is 12.4 Å². The third kappa shape index (κ3) is 3.77. The second-order valence-corrected chi connectivity index (χ2v) is 4.99. The fraction of sp³-hybridized carbons (Fsp3) is 0.583. The van der Waals surface area contributed by atoms with Gasteiger partial charge in [0, 0.05) is 12.6 Å². The van der Waals surface area contributed by atoms with E-state index in [4.69, 9.17) is 5.11 Å². The number of carboxylic acids is 1. The zero-order valence-electron chi connectivity index (χ0n) is 11.3. The Hall–Kier alpha value is -2.45. The molecule has 21 heavy (non-hydrogen) atoms. The molecule has 2 heterocycles. The number of aromatic nitrogens is 2. The van der Waals surface area contributed by atoms with Crippen LogP contribution in [0.25, 0.3) is 0 Å². The molecule has 1 N–H and O–H groups in total. The highest BCUT2D eigenvalue weighted by Gasteiger charge is 2.28. The van der Waals surface area contributed by atoms with E-state index in [0.29, 0.717) is 13.0 Å². The summed E-state index contributed by atoms with van der Waals surface area (Å²) in [6.07, 6.45) is 4.59. The van der Waals surface area contributed by atoms with Gasteiger partial charge in [-0.2, -0.15) is 5.10 Å². The molecule has 1 aliphatic rings. The van der Waals surface area contributed by atoms with E-state index in [0.717, 1.165) is 19.0 Å². The lowest BCUT2D eigenvalue weighted by atomic mass is 9.99. The number of nitrogens with zero attached hydrogens (tertiary/aromatic N) is 4. The largest absolute Gasteiger partial charge is 0.481 e. The van der Waals surface area contributed by atoms with Crippen molar-refractivity contribution in [2.24, 2.45) is 0 Å². The Morgan fingerprint density at radius 2 is 2.24 bits per heavy atom. The lowest BCUT2D eigenvalue weighted by molar-refractivity contribution is -0.385. The molecule has 1 aromatic heterocycles. The number of rotatable bonds is 5. The van der Waals surface area contributed by atoms with Gasteiger partial charge in [-0.15, -0.1) is 0 Å². The highest BCUT2D eigenvalue weighted by atomic mass is 16.6. The minimum Gasteiger partial charge on any atom is -0.481 e. The number of carbonyl (C=O) groups excluding carboxylic acids is 1. The van der Waals surface area contributed by atoms with Crippen molar-refractivity contribution in [3.05, 3.63) is 22.5 Å². The monoisotopic (exact) mass is 296 g/mol. The molecule has 1 fully saturated rings. The molecular weight excluding hydrogens is 280 g/mol. The first-order valence-electron chi connectivity index (χ1n) is 6.65. The standard InChI is InChI=1S/C12H16N4O5/c17-11(8-14-7-10(6-13-14)16(20)21)15-4-2-1-3-9(15)5-12(18)19/h6-7,9H,1-5,8H2,(H,18,19). The van der Waals surface area contributed by atoms with Crippen LogP contribution in [0.3, 0.4) is 0 Å². The molecule has 9 nitrogen and oxygen atoms in total. The van der Waals surface area contributed by atoms with Gasteiger partial charge in [0.05, 0.1) is 11.3 Å². The molecule has 2 rings (SSSR count). The maximum Gasteiger partial charge on any atom is 0.307 e. The molecule has 1 aromatic rings. The summed E-state index contributed by atoms with van der Waals surface area (Å²) in [7, 11) is 0. The summed E-state index contributed by atoms with van der Waals surface area (Å²) in [5.41, 5.74) is -0.177. The second-order valence-electron chi connectivity index (χ2n) is 4.99. The van der Waals surface area contributed by atoms with Gasteiger partial charge >= 0.3 is 11.7 Å². The minimum absolute atomic E-state index is 0.0784. The average Bonchev–Trinajstić information content (AvgIpc) is 2.87. The lowest BCUT2D eigenvalue weighted by Gasteiger charge is -2.35. The molecule has 0 bridgehead atoms. The molecule has 0 saturated carbocycles. The van der Waals surface area contributed by atoms with Gasteiger partial charge < -0.3 is 10.0 Å². The molecule has 1 amide bonds. The highest BCUT2D eigenvalue weighted by Crippen LogP contribution is 2.20. The van der Waals surface area contributed by atoms with Crippen LogP contribution in [-0.4, -0.2) is 49.2 Å². The zero-order valence-corrected chi connectivity index (χ0v) is 11.3. The number of aliphatic carboxylic acids is 1. The third-order valence-electron chi connectivity index (χ3n) is 3.49. The van der Waals surface area contributed by atoms with Crippen LogP contribution in [0.5, 0.6) is 0 Å². The van der Waals surface area contributed by atoms with E-state index in [1.54, 1.807) is 4.90 Å². The smallest absolute Gasteiger partial charge is 0.307 e. The van der Waals surface area contributed by atoms with Gasteiger partial charge in [0.25, 0.3) is 0 Å². The number of carbonyl (C=O) groups is 2. The van der Waals surface area contributed by atoms with E-state index in [1.165, 1.54) is 10.9 Å². The minimum atomic E-state index is -0.936. The predicted molar refractivity (Wildman–Crippen MR) is 70.5 cm³/mol. The number of hydrogen-bond donors (Lipinski definition) is 1. The zero-order chi connectivity index (χ0) is 15.4. The molecule has 114 valence electrons. The second kappa shape index (κ2) is 6.33. The van der Waals surface area contributed by atoms with Gasteiger partial charge in [-0.3, -0.25) is 24.4 Å². The van der Waals surface area contributed by atoms with Crippen molar-refractivity contribution in [2.75, 3.05) is 6.54 Å². The first-order valence-corrected chi connectivity index (χ1v) is 6.65. The average molecular weight is 296 g/mol. The van der Waals surface area contributed by atoms with Crippen LogP contribution in [-0.2, 0) is 16.1 Å². The van der Waals surface area contributed by atoms with E-state index in [-0.39, 0.29) is 30.6 Å². The summed E-state index contributed by atoms with van der Waals surface area (Å²) in [5, 5.41) is 23.2. The summed E-state index contributed by atoms with van der Waals surface area (Å²) < 4.78 is 1.20. The Bertz CT molecular complexity index is 556. The first kappa shape index (κ1) is 14.9. The van der Waals surface area contributed by atoms with E-state index >= 15 is 0 Å². The number of amides is 1. The van der Waals surface area contributed by atoms with Crippen molar-refractivity contribution in [3.63, 3.8) is 0 Å².